The number of thioether (sulfide) groups is 2. The van der Waals surface area contributed by atoms with E-state index in [1.807, 2.05) is 0 Å². The van der Waals surface area contributed by atoms with Crippen molar-refractivity contribution in [1.29, 1.82) is 0 Å². The Labute approximate surface area is 211 Å². The van der Waals surface area contributed by atoms with Crippen molar-refractivity contribution >= 4 is 53.0 Å². The average Bonchev–Trinajstić information content (AvgIpc) is 3.58. The summed E-state index contributed by atoms with van der Waals surface area (Å²) in [6.07, 6.45) is 2.90. The summed E-state index contributed by atoms with van der Waals surface area (Å²) in [5.41, 5.74) is 0.393. The lowest BCUT2D eigenvalue weighted by atomic mass is 10.0. The maximum absolute atomic E-state index is 13.0. The Morgan fingerprint density at radius 1 is 1.39 bits per heavy atom. The highest BCUT2D eigenvalue weighted by molar-refractivity contribution is 8.01. The number of nitrogens with zero attached hydrogens (tertiary/aromatic N) is 5. The monoisotopic (exact) mass is 536 g/mol. The van der Waals surface area contributed by atoms with Crippen LogP contribution < -0.4 is 5.32 Å². The summed E-state index contributed by atoms with van der Waals surface area (Å²) >= 11 is 2.62. The number of carboxylic acids is 1. The molecule has 4 rings (SSSR count). The number of aromatic nitrogens is 5. The second-order valence-electron chi connectivity index (χ2n) is 7.20. The maximum atomic E-state index is 13.0. The molecule has 2 atom stereocenters. The van der Waals surface area contributed by atoms with Crippen LogP contribution >= 0.6 is 23.5 Å². The minimum atomic E-state index is -1.23. The van der Waals surface area contributed by atoms with Crippen LogP contribution in [-0.4, -0.2) is 101 Å². The van der Waals surface area contributed by atoms with Gasteiger partial charge in [-0.15, -0.1) is 16.9 Å². The van der Waals surface area contributed by atoms with E-state index >= 15 is 0 Å². The van der Waals surface area contributed by atoms with Gasteiger partial charge in [0.15, 0.2) is 5.71 Å². The van der Waals surface area contributed by atoms with Crippen LogP contribution in [0.5, 0.6) is 0 Å². The third kappa shape index (κ3) is 5.35. The van der Waals surface area contributed by atoms with E-state index in [2.05, 4.69) is 36.1 Å². The fourth-order valence-electron chi connectivity index (χ4n) is 3.38. The van der Waals surface area contributed by atoms with Gasteiger partial charge in [-0.05, 0) is 18.6 Å². The molecule has 1 fully saturated rings. The lowest BCUT2D eigenvalue weighted by Crippen LogP contribution is -2.71. The van der Waals surface area contributed by atoms with Gasteiger partial charge in [0.2, 0.25) is 6.61 Å². The number of aliphatic carboxylic acids is 1. The number of rotatable bonds is 11. The molecule has 0 unspecified atom stereocenters. The van der Waals surface area contributed by atoms with E-state index < -0.39 is 41.8 Å². The van der Waals surface area contributed by atoms with Crippen LogP contribution in [0.15, 0.2) is 39.9 Å². The number of carbonyl (C=O) groups excluding carboxylic acids is 3. The molecule has 17 heteroatoms. The Bertz CT molecular complexity index is 1200. The first-order valence-corrected chi connectivity index (χ1v) is 12.5. The lowest BCUT2D eigenvalue weighted by molar-refractivity contribution is -0.150. The molecule has 4 heterocycles. The van der Waals surface area contributed by atoms with E-state index in [0.29, 0.717) is 22.1 Å². The Hall–Kier alpha value is -3.86. The number of carboxylic acid groups (broad SMARTS) is 1. The number of aromatic amines is 2. The average molecular weight is 537 g/mol. The van der Waals surface area contributed by atoms with Crippen molar-refractivity contribution < 1.29 is 33.9 Å². The minimum Gasteiger partial charge on any atom is -0.477 e. The molecule has 2 aliphatic rings. The molecule has 0 bridgehead atoms. The van der Waals surface area contributed by atoms with E-state index in [1.54, 1.807) is 6.92 Å². The summed E-state index contributed by atoms with van der Waals surface area (Å²) in [5, 5.41) is 32.5. The van der Waals surface area contributed by atoms with Crippen LogP contribution in [0, 0.1) is 0 Å². The smallest absolute Gasteiger partial charge is 0.352 e. The third-order valence-corrected chi connectivity index (χ3v) is 7.26. The molecule has 0 radical (unpaired) electrons. The molecule has 4 N–H and O–H groups in total. The molecule has 0 aromatic carbocycles. The quantitative estimate of drug-likeness (QED) is 0.0929. The number of ether oxygens (including phenoxy) is 1. The molecule has 2 aliphatic heterocycles. The number of oxime groups is 1. The van der Waals surface area contributed by atoms with Gasteiger partial charge in [0.25, 0.3) is 11.8 Å². The SMILES string of the molecule is CCOC(=O)CON=C(C(=O)N[C@@H]1C(=O)N2C(C(=O)O)=C(CSc3cn[nH]n3)CS[C@H]12)c1ccn[nH]1. The molecule has 1 saturated heterocycles. The number of nitrogens with one attached hydrogen (secondary N) is 3. The van der Waals surface area contributed by atoms with Gasteiger partial charge in [-0.1, -0.05) is 16.9 Å². The van der Waals surface area contributed by atoms with E-state index in [9.17, 15) is 24.3 Å². The molecule has 0 spiro atoms. The number of fused-ring (bicyclic) bond motifs is 1. The van der Waals surface area contributed by atoms with Gasteiger partial charge < -0.3 is 20.0 Å². The first-order valence-electron chi connectivity index (χ1n) is 10.5. The summed E-state index contributed by atoms with van der Waals surface area (Å²) in [7, 11) is 0. The van der Waals surface area contributed by atoms with Crippen LogP contribution in [-0.2, 0) is 28.8 Å². The highest BCUT2D eigenvalue weighted by Crippen LogP contribution is 2.41. The van der Waals surface area contributed by atoms with E-state index in [4.69, 9.17) is 9.57 Å². The number of hydrogen-bond donors (Lipinski definition) is 4. The van der Waals surface area contributed by atoms with Gasteiger partial charge in [0, 0.05) is 17.7 Å². The Kier molecular flexibility index (Phi) is 7.89. The molecular weight excluding hydrogens is 516 g/mol. The third-order valence-electron chi connectivity index (χ3n) is 4.94. The van der Waals surface area contributed by atoms with Crippen LogP contribution in [0.2, 0.25) is 0 Å². The summed E-state index contributed by atoms with van der Waals surface area (Å²) in [6.45, 7) is 1.28. The zero-order valence-electron chi connectivity index (χ0n) is 18.7. The topological polar surface area (TPSA) is 205 Å². The normalized spacial score (nSPS) is 19.4. The number of amides is 2. The number of hydrogen-bond acceptors (Lipinski definition) is 12. The van der Waals surface area contributed by atoms with Gasteiger partial charge in [0.1, 0.15) is 22.1 Å². The summed E-state index contributed by atoms with van der Waals surface area (Å²) < 4.78 is 4.75. The van der Waals surface area contributed by atoms with E-state index in [-0.39, 0.29) is 23.7 Å². The van der Waals surface area contributed by atoms with Gasteiger partial charge in [-0.2, -0.15) is 15.4 Å². The van der Waals surface area contributed by atoms with Crippen LogP contribution in [0.25, 0.3) is 0 Å². The van der Waals surface area contributed by atoms with Crippen LogP contribution in [0.1, 0.15) is 12.6 Å². The molecule has 2 aromatic rings. The number of β-lactam (4-membered cyclic amide) rings is 1. The number of H-pyrrole nitrogens is 2. The number of carbonyl (C=O) groups is 4. The fraction of sp³-hybridized carbons (Fsp3) is 0.368. The summed E-state index contributed by atoms with van der Waals surface area (Å²) in [5.74, 6) is -2.59. The van der Waals surface area contributed by atoms with Crippen molar-refractivity contribution in [1.82, 2.24) is 35.8 Å². The first kappa shape index (κ1) is 25.2. The Morgan fingerprint density at radius 3 is 2.89 bits per heavy atom. The summed E-state index contributed by atoms with van der Waals surface area (Å²) in [4.78, 5) is 55.5. The standard InChI is InChI=1S/C19H20N8O7S2/c1-2-33-12(28)6-34-25-13(10-3-4-20-23-10)16(29)22-14-17(30)27-15(19(31)32)9(8-36-18(14)27)7-35-11-5-21-26-24-11/h3-5,14,18H,2,6-8H2,1H3,(H,20,23)(H,22,29)(H,31,32)(H,21,24,26)/t14-,18-/m1/s1. The van der Waals surface area contributed by atoms with E-state index in [1.165, 1.54) is 46.9 Å². The molecule has 15 nitrogen and oxygen atoms in total. The maximum Gasteiger partial charge on any atom is 0.352 e. The molecule has 2 aromatic heterocycles. The summed E-state index contributed by atoms with van der Waals surface area (Å²) in [6, 6.07) is 0.472. The van der Waals surface area contributed by atoms with Gasteiger partial charge in [-0.25, -0.2) is 9.59 Å². The fourth-order valence-corrected chi connectivity index (χ4v) is 5.65. The Balaban J connectivity index is 1.45. The molecule has 2 amide bonds. The second-order valence-corrected chi connectivity index (χ2v) is 9.30. The lowest BCUT2D eigenvalue weighted by Gasteiger charge is -2.49. The first-order chi connectivity index (χ1) is 17.4. The van der Waals surface area contributed by atoms with Crippen molar-refractivity contribution in [2.75, 3.05) is 24.7 Å². The van der Waals surface area contributed by atoms with Crippen molar-refractivity contribution in [3.05, 3.63) is 35.4 Å². The van der Waals surface area contributed by atoms with Gasteiger partial charge in [-0.3, -0.25) is 19.6 Å². The zero-order chi connectivity index (χ0) is 25.7. The highest BCUT2D eigenvalue weighted by Gasteiger charge is 2.54. The molecule has 0 aliphatic carbocycles. The minimum absolute atomic E-state index is 0.106. The molecule has 190 valence electrons. The number of esters is 1. The van der Waals surface area contributed by atoms with Crippen molar-refractivity contribution in [3.63, 3.8) is 0 Å². The van der Waals surface area contributed by atoms with Crippen molar-refractivity contribution in [3.8, 4) is 0 Å². The van der Waals surface area contributed by atoms with Gasteiger partial charge >= 0.3 is 11.9 Å². The predicted octanol–water partition coefficient (Wildman–Crippen LogP) is -0.657. The van der Waals surface area contributed by atoms with Crippen LogP contribution in [0.4, 0.5) is 0 Å². The highest BCUT2D eigenvalue weighted by atomic mass is 32.2. The van der Waals surface area contributed by atoms with E-state index in [0.717, 1.165) is 0 Å². The van der Waals surface area contributed by atoms with Gasteiger partial charge in [0.05, 0.1) is 18.5 Å². The predicted molar refractivity (Wildman–Crippen MR) is 125 cm³/mol. The van der Waals surface area contributed by atoms with Crippen molar-refractivity contribution in [2.24, 2.45) is 5.16 Å². The van der Waals surface area contributed by atoms with Crippen molar-refractivity contribution in [2.45, 2.75) is 23.4 Å². The van der Waals surface area contributed by atoms with Crippen LogP contribution in [0.3, 0.4) is 0 Å². The molecule has 36 heavy (non-hydrogen) atoms. The second kappa shape index (κ2) is 11.3. The molecule has 0 saturated carbocycles. The zero-order valence-corrected chi connectivity index (χ0v) is 20.3. The molecular formula is C19H20N8O7S2. The Morgan fingerprint density at radius 2 is 2.22 bits per heavy atom. The largest absolute Gasteiger partial charge is 0.477 e.